The molecule has 0 N–H and O–H groups in total. The van der Waals surface area contributed by atoms with Crippen molar-refractivity contribution in [1.29, 1.82) is 0 Å². The zero-order valence-electron chi connectivity index (χ0n) is 17.9. The lowest BCUT2D eigenvalue weighted by atomic mass is 10.2. The van der Waals surface area contributed by atoms with Gasteiger partial charge in [0.15, 0.2) is 0 Å². The van der Waals surface area contributed by atoms with Crippen molar-refractivity contribution >= 4 is 28.2 Å². The molecule has 0 aliphatic heterocycles. The lowest BCUT2D eigenvalue weighted by molar-refractivity contribution is 0.0468. The van der Waals surface area contributed by atoms with Gasteiger partial charge >= 0.3 is 5.97 Å². The maximum atomic E-state index is 13.0. The molecule has 3 aromatic heterocycles. The number of ether oxygens (including phenoxy) is 1. The van der Waals surface area contributed by atoms with Crippen LogP contribution in [0.3, 0.4) is 0 Å². The predicted octanol–water partition coefficient (Wildman–Crippen LogP) is 3.91. The van der Waals surface area contributed by atoms with Gasteiger partial charge in [-0.3, -0.25) is 14.0 Å². The van der Waals surface area contributed by atoms with Crippen LogP contribution in [-0.4, -0.2) is 30.3 Å². The molecule has 0 radical (unpaired) electrons. The molecule has 5 rings (SSSR count). The van der Waals surface area contributed by atoms with E-state index >= 15 is 0 Å². The van der Waals surface area contributed by atoms with E-state index in [1.165, 1.54) is 15.9 Å². The summed E-state index contributed by atoms with van der Waals surface area (Å²) < 4.78 is 8.67. The van der Waals surface area contributed by atoms with Gasteiger partial charge in [0.05, 0.1) is 34.0 Å². The maximum absolute atomic E-state index is 13.0. The van der Waals surface area contributed by atoms with E-state index in [1.807, 2.05) is 36.8 Å². The van der Waals surface area contributed by atoms with Gasteiger partial charge in [-0.25, -0.2) is 14.8 Å². The topological polar surface area (TPSA) is 91.9 Å². The molecule has 0 saturated heterocycles. The molecule has 33 heavy (non-hydrogen) atoms. The lowest BCUT2D eigenvalue weighted by Gasteiger charge is -2.11. The highest BCUT2D eigenvalue weighted by atomic mass is 32.1. The van der Waals surface area contributed by atoms with Gasteiger partial charge in [0.1, 0.15) is 17.4 Å². The van der Waals surface area contributed by atoms with Crippen LogP contribution in [-0.2, 0) is 18.4 Å². The fraction of sp³-hybridized carbons (Fsp3) is 0.125. The van der Waals surface area contributed by atoms with Crippen LogP contribution in [0.5, 0.6) is 0 Å². The number of benzene rings is 2. The summed E-state index contributed by atoms with van der Waals surface area (Å²) in [5.74, 6) is 0.111. The highest BCUT2D eigenvalue weighted by Gasteiger charge is 2.13. The molecule has 9 heteroatoms. The van der Waals surface area contributed by atoms with E-state index < -0.39 is 5.97 Å². The lowest BCUT2D eigenvalue weighted by Crippen LogP contribution is -2.22. The standard InChI is InChI=1S/C24H19N5O3S/c1-15-26-21-6-4-3-5-20(21)23(30)29(15)19-9-7-16(8-10-19)24(31)32-13-18-14-33-22(27-18)17-11-25-28(2)12-17/h3-12,14H,13H2,1-2H3. The van der Waals surface area contributed by atoms with Gasteiger partial charge in [-0.1, -0.05) is 12.1 Å². The number of carbonyl (C=O) groups is 1. The Morgan fingerprint density at radius 3 is 2.64 bits per heavy atom. The second-order valence-corrected chi connectivity index (χ2v) is 8.34. The van der Waals surface area contributed by atoms with E-state index in [-0.39, 0.29) is 12.2 Å². The van der Waals surface area contributed by atoms with Crippen LogP contribution in [0.15, 0.2) is 71.1 Å². The van der Waals surface area contributed by atoms with Gasteiger partial charge in [-0.15, -0.1) is 11.3 Å². The Morgan fingerprint density at radius 2 is 1.88 bits per heavy atom. The Balaban J connectivity index is 1.31. The average Bonchev–Trinajstić information content (AvgIpc) is 3.47. The number of esters is 1. The van der Waals surface area contributed by atoms with E-state index in [0.717, 1.165) is 10.6 Å². The Morgan fingerprint density at radius 1 is 1.09 bits per heavy atom. The summed E-state index contributed by atoms with van der Waals surface area (Å²) in [4.78, 5) is 34.5. The van der Waals surface area contributed by atoms with Gasteiger partial charge in [0, 0.05) is 24.2 Å². The molecule has 2 aromatic carbocycles. The number of rotatable bonds is 5. The van der Waals surface area contributed by atoms with E-state index in [0.29, 0.717) is 33.7 Å². The van der Waals surface area contributed by atoms with Crippen molar-refractivity contribution in [2.24, 2.45) is 7.05 Å². The van der Waals surface area contributed by atoms with Crippen molar-refractivity contribution in [3.05, 3.63) is 93.7 Å². The fourth-order valence-corrected chi connectivity index (χ4v) is 4.33. The second-order valence-electron chi connectivity index (χ2n) is 7.49. The Hall–Kier alpha value is -4.11. The van der Waals surface area contributed by atoms with E-state index in [4.69, 9.17) is 4.74 Å². The summed E-state index contributed by atoms with van der Waals surface area (Å²) in [7, 11) is 1.85. The largest absolute Gasteiger partial charge is 0.456 e. The van der Waals surface area contributed by atoms with Crippen LogP contribution < -0.4 is 5.56 Å². The number of fused-ring (bicyclic) bond motifs is 1. The monoisotopic (exact) mass is 457 g/mol. The third-order valence-corrected chi connectivity index (χ3v) is 6.10. The number of thiazole rings is 1. The molecule has 164 valence electrons. The third kappa shape index (κ3) is 4.06. The molecule has 3 heterocycles. The minimum absolute atomic E-state index is 0.0739. The summed E-state index contributed by atoms with van der Waals surface area (Å²) in [6, 6.07) is 13.9. The van der Waals surface area contributed by atoms with Gasteiger partial charge in [0.25, 0.3) is 5.56 Å². The molecule has 5 aromatic rings. The molecule has 0 atom stereocenters. The first kappa shape index (κ1) is 20.8. The van der Waals surface area contributed by atoms with Gasteiger partial charge in [-0.05, 0) is 43.3 Å². The number of hydrogen-bond donors (Lipinski definition) is 0. The summed E-state index contributed by atoms with van der Waals surface area (Å²) in [5, 5.41) is 7.37. The van der Waals surface area contributed by atoms with Gasteiger partial charge in [-0.2, -0.15) is 5.10 Å². The van der Waals surface area contributed by atoms with Crippen molar-refractivity contribution < 1.29 is 9.53 Å². The molecule has 0 bridgehead atoms. The number of para-hydroxylation sites is 1. The normalized spacial score (nSPS) is 11.1. The second kappa shape index (κ2) is 8.44. The Kier molecular flexibility index (Phi) is 5.31. The first-order chi connectivity index (χ1) is 16.0. The van der Waals surface area contributed by atoms with Crippen molar-refractivity contribution in [2.75, 3.05) is 0 Å². The summed E-state index contributed by atoms with van der Waals surface area (Å²) in [6.07, 6.45) is 3.63. The van der Waals surface area contributed by atoms with Crippen molar-refractivity contribution in [1.82, 2.24) is 24.3 Å². The minimum Gasteiger partial charge on any atom is -0.456 e. The first-order valence-electron chi connectivity index (χ1n) is 10.2. The molecule has 8 nitrogen and oxygen atoms in total. The fourth-order valence-electron chi connectivity index (χ4n) is 3.55. The minimum atomic E-state index is -0.460. The number of nitrogens with zero attached hydrogens (tertiary/aromatic N) is 5. The van der Waals surface area contributed by atoms with Crippen LogP contribution in [0, 0.1) is 6.92 Å². The van der Waals surface area contributed by atoms with Crippen LogP contribution in [0.25, 0.3) is 27.2 Å². The summed E-state index contributed by atoms with van der Waals surface area (Å²) in [6.45, 7) is 1.86. The zero-order valence-corrected chi connectivity index (χ0v) is 18.7. The first-order valence-corrected chi connectivity index (χ1v) is 11.1. The van der Waals surface area contributed by atoms with Gasteiger partial charge in [0.2, 0.25) is 0 Å². The van der Waals surface area contributed by atoms with E-state index in [1.54, 1.807) is 48.1 Å². The van der Waals surface area contributed by atoms with Crippen LogP contribution in [0.4, 0.5) is 0 Å². The van der Waals surface area contributed by atoms with Crippen molar-refractivity contribution in [3.63, 3.8) is 0 Å². The highest BCUT2D eigenvalue weighted by molar-refractivity contribution is 7.13. The third-order valence-electron chi connectivity index (χ3n) is 5.16. The average molecular weight is 458 g/mol. The van der Waals surface area contributed by atoms with Crippen LogP contribution in [0.1, 0.15) is 21.9 Å². The SMILES string of the molecule is Cc1nc2ccccc2c(=O)n1-c1ccc(C(=O)OCc2csc(-c3cnn(C)c3)n2)cc1. The molecular formula is C24H19N5O3S. The molecule has 0 unspecified atom stereocenters. The number of aryl methyl sites for hydroxylation is 2. The molecular weight excluding hydrogens is 438 g/mol. The predicted molar refractivity (Wildman–Crippen MR) is 126 cm³/mol. The molecule has 0 aliphatic rings. The van der Waals surface area contributed by atoms with Crippen molar-refractivity contribution in [2.45, 2.75) is 13.5 Å². The maximum Gasteiger partial charge on any atom is 0.338 e. The van der Waals surface area contributed by atoms with Crippen molar-refractivity contribution in [3.8, 4) is 16.3 Å². The number of carbonyl (C=O) groups excluding carboxylic acids is 1. The number of hydrogen-bond acceptors (Lipinski definition) is 7. The summed E-state index contributed by atoms with van der Waals surface area (Å²) in [5.41, 5.74) is 3.12. The molecule has 0 saturated carbocycles. The van der Waals surface area contributed by atoms with E-state index in [9.17, 15) is 9.59 Å². The highest BCUT2D eigenvalue weighted by Crippen LogP contribution is 2.23. The Bertz CT molecular complexity index is 1530. The number of aromatic nitrogens is 5. The molecule has 0 fully saturated rings. The van der Waals surface area contributed by atoms with Gasteiger partial charge < -0.3 is 4.74 Å². The molecule has 0 aliphatic carbocycles. The summed E-state index contributed by atoms with van der Waals surface area (Å²) >= 11 is 1.47. The quantitative estimate of drug-likeness (QED) is 0.372. The van der Waals surface area contributed by atoms with E-state index in [2.05, 4.69) is 15.1 Å². The molecule has 0 spiro atoms. The Labute approximate surface area is 192 Å². The van der Waals surface area contributed by atoms with Crippen LogP contribution >= 0.6 is 11.3 Å². The zero-order chi connectivity index (χ0) is 22.9. The smallest absolute Gasteiger partial charge is 0.338 e. The van der Waals surface area contributed by atoms with Crippen LogP contribution in [0.2, 0.25) is 0 Å². The molecule has 0 amide bonds.